The molecule has 2 unspecified atom stereocenters. The van der Waals surface area contributed by atoms with Crippen LogP contribution in [0, 0.1) is 5.92 Å². The maximum Gasteiger partial charge on any atom is 0.0400 e. The van der Waals surface area contributed by atoms with Crippen LogP contribution < -0.4 is 11.1 Å². The second kappa shape index (κ2) is 5.45. The zero-order chi connectivity index (χ0) is 13.1. The standard InChI is InChI=1S/C17H20N2/c18-11-15-10-17(15)14-7-4-8-16(9-14)19-12-13-5-2-1-3-6-13/h1-9,15,17,19H,10-12,18H2. The molecule has 2 atom stereocenters. The SMILES string of the molecule is NCC1CC1c1cccc(NCc2ccccc2)c1. The molecule has 1 fully saturated rings. The molecule has 0 amide bonds. The van der Waals surface area contributed by atoms with Crippen LogP contribution in [-0.2, 0) is 6.54 Å². The normalized spacial score (nSPS) is 21.1. The molecule has 0 aliphatic heterocycles. The summed E-state index contributed by atoms with van der Waals surface area (Å²) in [5.41, 5.74) is 9.65. The van der Waals surface area contributed by atoms with Gasteiger partial charge in [0.15, 0.2) is 0 Å². The number of hydrogen-bond acceptors (Lipinski definition) is 2. The lowest BCUT2D eigenvalue weighted by Gasteiger charge is -2.08. The van der Waals surface area contributed by atoms with Gasteiger partial charge in [0.1, 0.15) is 0 Å². The van der Waals surface area contributed by atoms with Crippen molar-refractivity contribution in [2.24, 2.45) is 11.7 Å². The molecule has 1 aliphatic carbocycles. The van der Waals surface area contributed by atoms with E-state index in [0.29, 0.717) is 11.8 Å². The third kappa shape index (κ3) is 2.96. The second-order valence-electron chi connectivity index (χ2n) is 5.30. The molecule has 3 rings (SSSR count). The van der Waals surface area contributed by atoms with Crippen LogP contribution in [0.4, 0.5) is 5.69 Å². The van der Waals surface area contributed by atoms with Crippen molar-refractivity contribution >= 4 is 5.69 Å². The molecule has 2 heteroatoms. The van der Waals surface area contributed by atoms with Gasteiger partial charge in [-0.05, 0) is 48.1 Å². The molecule has 19 heavy (non-hydrogen) atoms. The molecule has 3 N–H and O–H groups in total. The fraction of sp³-hybridized carbons (Fsp3) is 0.294. The predicted octanol–water partition coefficient (Wildman–Crippen LogP) is 3.36. The quantitative estimate of drug-likeness (QED) is 0.856. The van der Waals surface area contributed by atoms with Crippen LogP contribution >= 0.6 is 0 Å². The Hall–Kier alpha value is -1.80. The van der Waals surface area contributed by atoms with Crippen LogP contribution in [0.15, 0.2) is 54.6 Å². The number of nitrogens with two attached hydrogens (primary N) is 1. The smallest absolute Gasteiger partial charge is 0.0400 e. The zero-order valence-corrected chi connectivity index (χ0v) is 11.0. The van der Waals surface area contributed by atoms with Crippen molar-refractivity contribution in [2.45, 2.75) is 18.9 Å². The summed E-state index contributed by atoms with van der Waals surface area (Å²) in [7, 11) is 0. The zero-order valence-electron chi connectivity index (χ0n) is 11.0. The Kier molecular flexibility index (Phi) is 3.51. The summed E-state index contributed by atoms with van der Waals surface area (Å²) in [6.45, 7) is 1.68. The first kappa shape index (κ1) is 12.2. The number of hydrogen-bond donors (Lipinski definition) is 2. The summed E-state index contributed by atoms with van der Waals surface area (Å²) in [5.74, 6) is 1.38. The van der Waals surface area contributed by atoms with Crippen LogP contribution in [-0.4, -0.2) is 6.54 Å². The van der Waals surface area contributed by atoms with Crippen LogP contribution in [0.2, 0.25) is 0 Å². The van der Waals surface area contributed by atoms with Crippen molar-refractivity contribution in [3.63, 3.8) is 0 Å². The third-order valence-corrected chi connectivity index (χ3v) is 3.88. The summed E-state index contributed by atoms with van der Waals surface area (Å²) < 4.78 is 0. The molecule has 98 valence electrons. The molecule has 1 aliphatic rings. The Balaban J connectivity index is 1.64. The average molecular weight is 252 g/mol. The number of benzene rings is 2. The highest BCUT2D eigenvalue weighted by Gasteiger charge is 2.36. The molecule has 0 heterocycles. The average Bonchev–Trinajstić information content (AvgIpc) is 3.26. The van der Waals surface area contributed by atoms with Crippen molar-refractivity contribution in [3.8, 4) is 0 Å². The van der Waals surface area contributed by atoms with Crippen molar-refractivity contribution in [1.29, 1.82) is 0 Å². The van der Waals surface area contributed by atoms with Gasteiger partial charge in [-0.15, -0.1) is 0 Å². The molecule has 0 radical (unpaired) electrons. The van der Waals surface area contributed by atoms with Gasteiger partial charge in [-0.1, -0.05) is 42.5 Å². The first-order valence-electron chi connectivity index (χ1n) is 6.94. The minimum atomic E-state index is 0.684. The monoisotopic (exact) mass is 252 g/mol. The molecule has 2 aromatic carbocycles. The number of rotatable bonds is 5. The lowest BCUT2D eigenvalue weighted by molar-refractivity contribution is 0.810. The largest absolute Gasteiger partial charge is 0.381 e. The molecule has 2 nitrogen and oxygen atoms in total. The van der Waals surface area contributed by atoms with Crippen molar-refractivity contribution in [2.75, 3.05) is 11.9 Å². The molecule has 0 aromatic heterocycles. The van der Waals surface area contributed by atoms with E-state index in [1.165, 1.54) is 23.2 Å². The van der Waals surface area contributed by atoms with E-state index >= 15 is 0 Å². The summed E-state index contributed by atoms with van der Waals surface area (Å²) in [6.07, 6.45) is 1.25. The third-order valence-electron chi connectivity index (χ3n) is 3.88. The maximum absolute atomic E-state index is 5.72. The number of nitrogens with one attached hydrogen (secondary N) is 1. The fourth-order valence-electron chi connectivity index (χ4n) is 2.60. The van der Waals surface area contributed by atoms with E-state index in [1.807, 2.05) is 6.07 Å². The molecule has 2 aromatic rings. The Bertz CT molecular complexity index is 536. The summed E-state index contributed by atoms with van der Waals surface area (Å²) in [5, 5.41) is 3.49. The molecule has 0 bridgehead atoms. The van der Waals surface area contributed by atoms with E-state index in [0.717, 1.165) is 13.1 Å². The van der Waals surface area contributed by atoms with Crippen molar-refractivity contribution in [1.82, 2.24) is 0 Å². The highest BCUT2D eigenvalue weighted by Crippen LogP contribution is 2.46. The second-order valence-corrected chi connectivity index (χ2v) is 5.30. The van der Waals surface area contributed by atoms with Gasteiger partial charge in [0, 0.05) is 12.2 Å². The van der Waals surface area contributed by atoms with E-state index in [4.69, 9.17) is 5.73 Å². The Morgan fingerprint density at radius 2 is 1.89 bits per heavy atom. The van der Waals surface area contributed by atoms with Crippen LogP contribution in [0.1, 0.15) is 23.5 Å². The van der Waals surface area contributed by atoms with Gasteiger partial charge in [0.05, 0.1) is 0 Å². The fourth-order valence-corrected chi connectivity index (χ4v) is 2.60. The molecular weight excluding hydrogens is 232 g/mol. The minimum absolute atomic E-state index is 0.684. The lowest BCUT2D eigenvalue weighted by Crippen LogP contribution is -2.02. The van der Waals surface area contributed by atoms with E-state index in [9.17, 15) is 0 Å². The lowest BCUT2D eigenvalue weighted by atomic mass is 10.1. The van der Waals surface area contributed by atoms with Crippen LogP contribution in [0.25, 0.3) is 0 Å². The van der Waals surface area contributed by atoms with E-state index < -0.39 is 0 Å². The molecule has 1 saturated carbocycles. The Labute approximate surface area is 114 Å². The van der Waals surface area contributed by atoms with Gasteiger partial charge < -0.3 is 11.1 Å². The summed E-state index contributed by atoms with van der Waals surface area (Å²) in [4.78, 5) is 0. The van der Waals surface area contributed by atoms with E-state index in [-0.39, 0.29) is 0 Å². The van der Waals surface area contributed by atoms with Gasteiger partial charge in [0.25, 0.3) is 0 Å². The molecule has 0 spiro atoms. The van der Waals surface area contributed by atoms with E-state index in [2.05, 4.69) is 53.8 Å². The van der Waals surface area contributed by atoms with Gasteiger partial charge >= 0.3 is 0 Å². The minimum Gasteiger partial charge on any atom is -0.381 e. The topological polar surface area (TPSA) is 38.0 Å². The molecule has 0 saturated heterocycles. The van der Waals surface area contributed by atoms with Crippen LogP contribution in [0.3, 0.4) is 0 Å². The first-order valence-corrected chi connectivity index (χ1v) is 6.94. The van der Waals surface area contributed by atoms with Crippen molar-refractivity contribution in [3.05, 3.63) is 65.7 Å². The predicted molar refractivity (Wildman–Crippen MR) is 80.1 cm³/mol. The first-order chi connectivity index (χ1) is 9.36. The van der Waals surface area contributed by atoms with Gasteiger partial charge in [-0.25, -0.2) is 0 Å². The van der Waals surface area contributed by atoms with Gasteiger partial charge in [-0.3, -0.25) is 0 Å². The highest BCUT2D eigenvalue weighted by atomic mass is 14.9. The Morgan fingerprint density at radius 3 is 2.63 bits per heavy atom. The molecular formula is C17H20N2. The summed E-state index contributed by atoms with van der Waals surface area (Å²) in [6, 6.07) is 19.2. The maximum atomic E-state index is 5.72. The van der Waals surface area contributed by atoms with Gasteiger partial charge in [-0.2, -0.15) is 0 Å². The van der Waals surface area contributed by atoms with Crippen LogP contribution in [0.5, 0.6) is 0 Å². The Morgan fingerprint density at radius 1 is 1.05 bits per heavy atom. The van der Waals surface area contributed by atoms with Gasteiger partial charge in [0.2, 0.25) is 0 Å². The van der Waals surface area contributed by atoms with Crippen molar-refractivity contribution < 1.29 is 0 Å². The highest BCUT2D eigenvalue weighted by molar-refractivity contribution is 5.48. The summed E-state index contributed by atoms with van der Waals surface area (Å²) >= 11 is 0. The number of anilines is 1. The van der Waals surface area contributed by atoms with E-state index in [1.54, 1.807) is 0 Å².